The van der Waals surface area contributed by atoms with Gasteiger partial charge in [0.15, 0.2) is 0 Å². The number of carbonyl (C=O) groups excluding carboxylic acids is 2. The molecule has 1 aromatic heterocycles. The summed E-state index contributed by atoms with van der Waals surface area (Å²) in [6, 6.07) is 2.78. The fraction of sp³-hybridized carbons (Fsp3) is 0.609. The SMILES string of the molecule is COC(=O)[C@@H]1[C@@H](CO)[C@@H]2Cn3c(ccc(C4=CCCC4)c3=O)[C@H]1N2C(=O)CC1CC1. The number of allylic oxidation sites excluding steroid dienone is 2. The predicted molar refractivity (Wildman–Crippen MR) is 109 cm³/mol. The summed E-state index contributed by atoms with van der Waals surface area (Å²) in [6.07, 6.45) is 7.66. The molecule has 1 saturated heterocycles. The van der Waals surface area contributed by atoms with E-state index < -0.39 is 23.8 Å². The average molecular weight is 412 g/mol. The third kappa shape index (κ3) is 2.94. The maximum Gasteiger partial charge on any atom is 0.311 e. The highest BCUT2D eigenvalue weighted by Gasteiger charge is 2.58. The zero-order chi connectivity index (χ0) is 21.0. The first-order valence-electron chi connectivity index (χ1n) is 11.0. The topological polar surface area (TPSA) is 88.8 Å². The lowest BCUT2D eigenvalue weighted by Gasteiger charge is -2.38. The summed E-state index contributed by atoms with van der Waals surface area (Å²) >= 11 is 0. The highest BCUT2D eigenvalue weighted by Crippen LogP contribution is 2.50. The number of nitrogens with zero attached hydrogens (tertiary/aromatic N) is 2. The van der Waals surface area contributed by atoms with Gasteiger partial charge in [0.1, 0.15) is 0 Å². The maximum atomic E-state index is 13.4. The molecule has 0 spiro atoms. The van der Waals surface area contributed by atoms with Gasteiger partial charge in [-0.05, 0) is 55.7 Å². The molecular formula is C23H28N2O5. The first-order chi connectivity index (χ1) is 14.5. The van der Waals surface area contributed by atoms with Crippen molar-refractivity contribution in [3.8, 4) is 0 Å². The summed E-state index contributed by atoms with van der Waals surface area (Å²) in [7, 11) is 1.33. The third-order valence-electron chi connectivity index (χ3n) is 7.35. The number of aromatic nitrogens is 1. The molecule has 2 bridgehead atoms. The van der Waals surface area contributed by atoms with Crippen molar-refractivity contribution in [2.75, 3.05) is 13.7 Å². The predicted octanol–water partition coefficient (Wildman–Crippen LogP) is 1.88. The van der Waals surface area contributed by atoms with Crippen LogP contribution in [0.3, 0.4) is 0 Å². The molecule has 1 saturated carbocycles. The lowest BCUT2D eigenvalue weighted by Crippen LogP contribution is -2.49. The van der Waals surface area contributed by atoms with Crippen LogP contribution in [0.2, 0.25) is 0 Å². The Bertz CT molecular complexity index is 976. The molecule has 2 aliphatic carbocycles. The summed E-state index contributed by atoms with van der Waals surface area (Å²) < 4.78 is 6.79. The Balaban J connectivity index is 1.61. The van der Waals surface area contributed by atoms with Crippen molar-refractivity contribution in [1.82, 2.24) is 9.47 Å². The van der Waals surface area contributed by atoms with Gasteiger partial charge >= 0.3 is 5.97 Å². The van der Waals surface area contributed by atoms with Gasteiger partial charge in [-0.25, -0.2) is 0 Å². The van der Waals surface area contributed by atoms with Gasteiger partial charge < -0.3 is 19.3 Å². The maximum absolute atomic E-state index is 13.4. The molecule has 4 aliphatic rings. The number of rotatable bonds is 5. The molecule has 5 rings (SSSR count). The number of carbonyl (C=O) groups is 2. The molecule has 0 radical (unpaired) electrons. The minimum absolute atomic E-state index is 0.0126. The van der Waals surface area contributed by atoms with Gasteiger partial charge in [0.25, 0.3) is 5.56 Å². The van der Waals surface area contributed by atoms with E-state index in [9.17, 15) is 19.5 Å². The van der Waals surface area contributed by atoms with Crippen molar-refractivity contribution in [3.63, 3.8) is 0 Å². The molecule has 0 aromatic carbocycles. The normalized spacial score (nSPS) is 29.5. The van der Waals surface area contributed by atoms with E-state index in [1.165, 1.54) is 7.11 Å². The number of esters is 1. The zero-order valence-electron chi connectivity index (χ0n) is 17.3. The van der Waals surface area contributed by atoms with Gasteiger partial charge in [-0.3, -0.25) is 14.4 Å². The van der Waals surface area contributed by atoms with Gasteiger partial charge in [-0.15, -0.1) is 0 Å². The van der Waals surface area contributed by atoms with Crippen LogP contribution < -0.4 is 5.56 Å². The van der Waals surface area contributed by atoms with Crippen LogP contribution in [0.5, 0.6) is 0 Å². The number of hydrogen-bond acceptors (Lipinski definition) is 5. The Labute approximate surface area is 175 Å². The van der Waals surface area contributed by atoms with E-state index in [0.717, 1.165) is 37.7 Å². The van der Waals surface area contributed by atoms with Gasteiger partial charge in [0.2, 0.25) is 5.91 Å². The Morgan fingerprint density at radius 1 is 1.27 bits per heavy atom. The fourth-order valence-electron chi connectivity index (χ4n) is 5.68. The second-order valence-electron chi connectivity index (χ2n) is 9.07. The van der Waals surface area contributed by atoms with Gasteiger partial charge in [-0.2, -0.15) is 0 Å². The number of pyridine rings is 1. The van der Waals surface area contributed by atoms with Crippen LogP contribution in [-0.4, -0.2) is 46.2 Å². The van der Waals surface area contributed by atoms with Crippen LogP contribution in [0.4, 0.5) is 0 Å². The van der Waals surface area contributed by atoms with E-state index in [1.807, 2.05) is 12.1 Å². The minimum Gasteiger partial charge on any atom is -0.469 e. The van der Waals surface area contributed by atoms with Crippen LogP contribution in [0, 0.1) is 17.8 Å². The van der Waals surface area contributed by atoms with Crippen LogP contribution in [0.15, 0.2) is 23.0 Å². The molecule has 160 valence electrons. The molecule has 7 nitrogen and oxygen atoms in total. The first-order valence-corrected chi connectivity index (χ1v) is 11.0. The second-order valence-corrected chi connectivity index (χ2v) is 9.07. The van der Waals surface area contributed by atoms with Crippen LogP contribution in [-0.2, 0) is 20.9 Å². The van der Waals surface area contributed by atoms with E-state index in [0.29, 0.717) is 30.1 Å². The molecule has 0 unspecified atom stereocenters. The Morgan fingerprint density at radius 2 is 2.07 bits per heavy atom. The molecule has 4 atom stereocenters. The number of aliphatic hydroxyl groups excluding tert-OH is 1. The van der Waals surface area contributed by atoms with Crippen molar-refractivity contribution >= 4 is 17.4 Å². The number of ether oxygens (including phenoxy) is 1. The van der Waals surface area contributed by atoms with Crippen LogP contribution >= 0.6 is 0 Å². The lowest BCUT2D eigenvalue weighted by atomic mass is 9.87. The fourth-order valence-corrected chi connectivity index (χ4v) is 5.68. The molecule has 1 amide bonds. The average Bonchev–Trinajstić information content (AvgIpc) is 3.31. The van der Waals surface area contributed by atoms with Gasteiger partial charge in [-0.1, -0.05) is 6.08 Å². The first kappa shape index (κ1) is 19.5. The zero-order valence-corrected chi connectivity index (χ0v) is 17.3. The van der Waals surface area contributed by atoms with Crippen molar-refractivity contribution in [2.45, 2.75) is 57.2 Å². The highest BCUT2D eigenvalue weighted by molar-refractivity contribution is 5.82. The summed E-state index contributed by atoms with van der Waals surface area (Å²) in [6.45, 7) is 0.0792. The van der Waals surface area contributed by atoms with Crippen molar-refractivity contribution < 1.29 is 19.4 Å². The lowest BCUT2D eigenvalue weighted by molar-refractivity contribution is -0.148. The number of hydrogen-bond donors (Lipinski definition) is 1. The van der Waals surface area contributed by atoms with E-state index >= 15 is 0 Å². The van der Waals surface area contributed by atoms with E-state index in [-0.39, 0.29) is 24.1 Å². The number of aliphatic hydroxyl groups is 1. The van der Waals surface area contributed by atoms with Gasteiger partial charge in [0, 0.05) is 36.7 Å². The van der Waals surface area contributed by atoms with Crippen molar-refractivity contribution in [3.05, 3.63) is 39.8 Å². The van der Waals surface area contributed by atoms with Crippen LogP contribution in [0.25, 0.3) is 5.57 Å². The number of fused-ring (bicyclic) bond motifs is 4. The minimum atomic E-state index is -0.669. The summed E-state index contributed by atoms with van der Waals surface area (Å²) in [5.41, 5.74) is 2.41. The summed E-state index contributed by atoms with van der Waals surface area (Å²) in [4.78, 5) is 41.1. The molecule has 1 aromatic rings. The standard InChI is InChI=1S/C23H28N2O5/c1-30-23(29)20-16(12-26)18-11-24-17(21(20)25(18)19(27)10-13-6-7-13)9-8-15(22(24)28)14-4-2-3-5-14/h4,8-9,13,16,18,20-21,26H,2-3,5-7,10-12H2,1H3/t16-,18-,20+,21+/m0/s1. The molecule has 2 fully saturated rings. The third-order valence-corrected chi connectivity index (χ3v) is 7.35. The van der Waals surface area contributed by atoms with E-state index in [4.69, 9.17) is 4.74 Å². The second kappa shape index (κ2) is 7.38. The number of methoxy groups -OCH3 is 1. The molecule has 2 aliphatic heterocycles. The Hall–Kier alpha value is -2.41. The monoisotopic (exact) mass is 412 g/mol. The van der Waals surface area contributed by atoms with E-state index in [2.05, 4.69) is 6.08 Å². The van der Waals surface area contributed by atoms with Crippen LogP contribution in [0.1, 0.15) is 55.8 Å². The molecule has 1 N–H and O–H groups in total. The molecule has 7 heteroatoms. The largest absolute Gasteiger partial charge is 0.469 e. The van der Waals surface area contributed by atoms with Gasteiger partial charge in [0.05, 0.1) is 25.1 Å². The number of amides is 1. The smallest absolute Gasteiger partial charge is 0.311 e. The van der Waals surface area contributed by atoms with Crippen molar-refractivity contribution in [1.29, 1.82) is 0 Å². The summed E-state index contributed by atoms with van der Waals surface area (Å²) in [5.74, 6) is -1.12. The molecule has 3 heterocycles. The highest BCUT2D eigenvalue weighted by atomic mass is 16.5. The molecule has 30 heavy (non-hydrogen) atoms. The van der Waals surface area contributed by atoms with Crippen molar-refractivity contribution in [2.24, 2.45) is 17.8 Å². The Kier molecular flexibility index (Phi) is 4.81. The quantitative estimate of drug-likeness (QED) is 0.746. The summed E-state index contributed by atoms with van der Waals surface area (Å²) in [5, 5.41) is 10.2. The molecular weight excluding hydrogens is 384 g/mol. The Morgan fingerprint density at radius 3 is 2.70 bits per heavy atom. The van der Waals surface area contributed by atoms with E-state index in [1.54, 1.807) is 9.47 Å².